The number of nitrogen functional groups attached to an aromatic ring is 1. The van der Waals surface area contributed by atoms with Crippen molar-refractivity contribution in [3.05, 3.63) is 23.8 Å². The molecule has 0 bridgehead atoms. The highest BCUT2D eigenvalue weighted by atomic mass is 16.1. The molecule has 0 aromatic heterocycles. The van der Waals surface area contributed by atoms with Gasteiger partial charge in [0.05, 0.1) is 5.56 Å². The molecule has 0 aliphatic carbocycles. The molecule has 5 nitrogen and oxygen atoms in total. The Hall–Kier alpha value is -1.75. The van der Waals surface area contributed by atoms with Crippen LogP contribution in [-0.2, 0) is 0 Å². The Balaban J connectivity index is 2.58. The van der Waals surface area contributed by atoms with Crippen molar-refractivity contribution in [2.24, 2.45) is 0 Å². The Labute approximate surface area is 128 Å². The molecule has 1 aromatic carbocycles. The number of rotatable bonds is 7. The summed E-state index contributed by atoms with van der Waals surface area (Å²) in [6.45, 7) is 5.95. The standard InChI is InChI=1S/C16H28N4O/c1-12(2)20(5)10-6-9-18-16(21)14-11-13(17)7-8-15(14)19(3)4/h7-8,11-12H,6,9-10,17H2,1-5H3,(H,18,21). The first kappa shape index (κ1) is 17.3. The topological polar surface area (TPSA) is 61.6 Å². The fraction of sp³-hybridized carbons (Fsp3) is 0.562. The Morgan fingerprint density at radius 2 is 1.95 bits per heavy atom. The molecule has 1 aromatic rings. The van der Waals surface area contributed by atoms with Gasteiger partial charge in [0.15, 0.2) is 0 Å². The SMILES string of the molecule is CC(C)N(C)CCCNC(=O)c1cc(N)ccc1N(C)C. The van der Waals surface area contributed by atoms with Gasteiger partial charge in [0.1, 0.15) is 0 Å². The fourth-order valence-electron chi connectivity index (χ4n) is 2.01. The molecule has 0 radical (unpaired) electrons. The number of carbonyl (C=O) groups is 1. The van der Waals surface area contributed by atoms with Crippen molar-refractivity contribution in [2.75, 3.05) is 44.9 Å². The number of nitrogens with two attached hydrogens (primary N) is 1. The Bertz CT molecular complexity index is 471. The van der Waals surface area contributed by atoms with E-state index in [1.807, 2.05) is 31.1 Å². The molecular formula is C16H28N4O. The lowest BCUT2D eigenvalue weighted by Gasteiger charge is -2.21. The summed E-state index contributed by atoms with van der Waals surface area (Å²) in [5.41, 5.74) is 7.89. The van der Waals surface area contributed by atoms with Crippen molar-refractivity contribution in [1.82, 2.24) is 10.2 Å². The summed E-state index contributed by atoms with van der Waals surface area (Å²) in [5, 5.41) is 2.97. The molecule has 0 saturated carbocycles. The van der Waals surface area contributed by atoms with Gasteiger partial charge >= 0.3 is 0 Å². The zero-order chi connectivity index (χ0) is 16.0. The van der Waals surface area contributed by atoms with Crippen LogP contribution in [0, 0.1) is 0 Å². The van der Waals surface area contributed by atoms with E-state index in [2.05, 4.69) is 31.1 Å². The quantitative estimate of drug-likeness (QED) is 0.594. The molecule has 118 valence electrons. The van der Waals surface area contributed by atoms with Crippen LogP contribution in [0.15, 0.2) is 18.2 Å². The van der Waals surface area contributed by atoms with E-state index in [1.165, 1.54) is 0 Å². The van der Waals surface area contributed by atoms with Crippen LogP contribution < -0.4 is 16.0 Å². The van der Waals surface area contributed by atoms with Crippen molar-refractivity contribution in [2.45, 2.75) is 26.3 Å². The highest BCUT2D eigenvalue weighted by Gasteiger charge is 2.13. The van der Waals surface area contributed by atoms with Gasteiger partial charge in [-0.05, 0) is 52.1 Å². The van der Waals surface area contributed by atoms with Crippen LogP contribution in [0.4, 0.5) is 11.4 Å². The molecule has 21 heavy (non-hydrogen) atoms. The number of nitrogens with one attached hydrogen (secondary N) is 1. The van der Waals surface area contributed by atoms with Crippen molar-refractivity contribution in [3.63, 3.8) is 0 Å². The molecule has 0 heterocycles. The number of amides is 1. The second-order valence-electron chi connectivity index (χ2n) is 5.85. The zero-order valence-corrected chi connectivity index (χ0v) is 13.8. The normalized spacial score (nSPS) is 11.0. The molecule has 0 aliphatic rings. The first-order chi connectivity index (χ1) is 9.82. The lowest BCUT2D eigenvalue weighted by molar-refractivity contribution is 0.0952. The van der Waals surface area contributed by atoms with E-state index >= 15 is 0 Å². The number of benzene rings is 1. The second-order valence-corrected chi connectivity index (χ2v) is 5.85. The van der Waals surface area contributed by atoms with Gasteiger partial charge in [-0.2, -0.15) is 0 Å². The van der Waals surface area contributed by atoms with Crippen LogP contribution in [0.3, 0.4) is 0 Å². The van der Waals surface area contributed by atoms with Crippen LogP contribution >= 0.6 is 0 Å². The smallest absolute Gasteiger partial charge is 0.253 e. The third-order valence-corrected chi connectivity index (χ3v) is 3.60. The first-order valence-corrected chi connectivity index (χ1v) is 7.38. The number of carbonyl (C=O) groups excluding carboxylic acids is 1. The van der Waals surface area contributed by atoms with Gasteiger partial charge in [-0.25, -0.2) is 0 Å². The minimum Gasteiger partial charge on any atom is -0.399 e. The maximum atomic E-state index is 12.3. The number of nitrogens with zero attached hydrogens (tertiary/aromatic N) is 2. The van der Waals surface area contributed by atoms with Crippen molar-refractivity contribution < 1.29 is 4.79 Å². The fourth-order valence-corrected chi connectivity index (χ4v) is 2.01. The molecule has 5 heteroatoms. The van der Waals surface area contributed by atoms with Gasteiger partial charge in [0, 0.05) is 38.1 Å². The monoisotopic (exact) mass is 292 g/mol. The molecular weight excluding hydrogens is 264 g/mol. The molecule has 3 N–H and O–H groups in total. The molecule has 0 atom stereocenters. The maximum absolute atomic E-state index is 12.3. The lowest BCUT2D eigenvalue weighted by atomic mass is 10.1. The summed E-state index contributed by atoms with van der Waals surface area (Å²) in [5.74, 6) is -0.0711. The Morgan fingerprint density at radius 3 is 2.52 bits per heavy atom. The minimum absolute atomic E-state index is 0.0711. The highest BCUT2D eigenvalue weighted by molar-refractivity contribution is 6.00. The van der Waals surface area contributed by atoms with E-state index in [1.54, 1.807) is 6.07 Å². The minimum atomic E-state index is -0.0711. The summed E-state index contributed by atoms with van der Waals surface area (Å²) in [7, 11) is 5.92. The van der Waals surface area contributed by atoms with E-state index in [0.717, 1.165) is 18.7 Å². The van der Waals surface area contributed by atoms with Gasteiger partial charge in [0.2, 0.25) is 0 Å². The largest absolute Gasteiger partial charge is 0.399 e. The third kappa shape index (κ3) is 5.27. The number of hydrogen-bond acceptors (Lipinski definition) is 4. The number of hydrogen-bond donors (Lipinski definition) is 2. The third-order valence-electron chi connectivity index (χ3n) is 3.60. The zero-order valence-electron chi connectivity index (χ0n) is 13.8. The maximum Gasteiger partial charge on any atom is 0.253 e. The predicted molar refractivity (Wildman–Crippen MR) is 89.9 cm³/mol. The van der Waals surface area contributed by atoms with Crippen LogP contribution in [0.5, 0.6) is 0 Å². The summed E-state index contributed by atoms with van der Waals surface area (Å²) < 4.78 is 0. The molecule has 0 unspecified atom stereocenters. The van der Waals surface area contributed by atoms with E-state index < -0.39 is 0 Å². The summed E-state index contributed by atoms with van der Waals surface area (Å²) >= 11 is 0. The van der Waals surface area contributed by atoms with Crippen LogP contribution in [0.2, 0.25) is 0 Å². The van der Waals surface area contributed by atoms with Gasteiger partial charge in [-0.3, -0.25) is 4.79 Å². The first-order valence-electron chi connectivity index (χ1n) is 7.38. The van der Waals surface area contributed by atoms with E-state index in [-0.39, 0.29) is 5.91 Å². The van der Waals surface area contributed by atoms with Crippen molar-refractivity contribution in [1.29, 1.82) is 0 Å². The molecule has 1 amide bonds. The van der Waals surface area contributed by atoms with Crippen LogP contribution in [0.1, 0.15) is 30.6 Å². The summed E-state index contributed by atoms with van der Waals surface area (Å²) in [4.78, 5) is 16.5. The molecule has 0 spiro atoms. The molecule has 0 aliphatic heterocycles. The highest BCUT2D eigenvalue weighted by Crippen LogP contribution is 2.21. The van der Waals surface area contributed by atoms with E-state index in [9.17, 15) is 4.79 Å². The average Bonchev–Trinajstić information content (AvgIpc) is 2.42. The molecule has 0 fully saturated rings. The van der Waals surface area contributed by atoms with Crippen molar-refractivity contribution >= 4 is 17.3 Å². The molecule has 0 saturated heterocycles. The van der Waals surface area contributed by atoms with E-state index in [4.69, 9.17) is 5.73 Å². The summed E-state index contributed by atoms with van der Waals surface area (Å²) in [6, 6.07) is 5.93. The Morgan fingerprint density at radius 1 is 1.29 bits per heavy atom. The van der Waals surface area contributed by atoms with Gasteiger partial charge < -0.3 is 20.9 Å². The van der Waals surface area contributed by atoms with E-state index in [0.29, 0.717) is 23.8 Å². The summed E-state index contributed by atoms with van der Waals surface area (Å²) in [6.07, 6.45) is 0.931. The Kier molecular flexibility index (Phi) is 6.49. The van der Waals surface area contributed by atoms with Crippen LogP contribution in [0.25, 0.3) is 0 Å². The predicted octanol–water partition coefficient (Wildman–Crippen LogP) is 1.79. The number of anilines is 2. The molecule has 1 rings (SSSR count). The second kappa shape index (κ2) is 7.88. The van der Waals surface area contributed by atoms with Gasteiger partial charge in [0.25, 0.3) is 5.91 Å². The van der Waals surface area contributed by atoms with Gasteiger partial charge in [-0.15, -0.1) is 0 Å². The van der Waals surface area contributed by atoms with Gasteiger partial charge in [-0.1, -0.05) is 0 Å². The lowest BCUT2D eigenvalue weighted by Crippen LogP contribution is -2.32. The van der Waals surface area contributed by atoms with Crippen molar-refractivity contribution in [3.8, 4) is 0 Å². The van der Waals surface area contributed by atoms with Crippen LogP contribution in [-0.4, -0.2) is 51.1 Å². The average molecular weight is 292 g/mol.